The van der Waals surface area contributed by atoms with Crippen LogP contribution in [0.4, 0.5) is 0 Å². The lowest BCUT2D eigenvalue weighted by Gasteiger charge is -2.40. The van der Waals surface area contributed by atoms with Gasteiger partial charge >= 0.3 is 0 Å². The van der Waals surface area contributed by atoms with Crippen LogP contribution >= 0.6 is 0 Å². The Hall–Kier alpha value is -0.200. The highest BCUT2D eigenvalue weighted by molar-refractivity contribution is 4.86. The molecule has 1 aliphatic rings. The highest BCUT2D eigenvalue weighted by Crippen LogP contribution is 2.25. The molecular formula is C8H16O5. The van der Waals surface area contributed by atoms with Gasteiger partial charge in [0.2, 0.25) is 0 Å². The van der Waals surface area contributed by atoms with E-state index < -0.39 is 24.6 Å². The van der Waals surface area contributed by atoms with Crippen molar-refractivity contribution >= 4 is 0 Å². The number of ether oxygens (including phenoxy) is 2. The van der Waals surface area contributed by atoms with Gasteiger partial charge in [-0.3, -0.25) is 0 Å². The molecule has 0 bridgehead atoms. The first-order valence-corrected chi connectivity index (χ1v) is 4.27. The van der Waals surface area contributed by atoms with Crippen molar-refractivity contribution in [1.82, 2.24) is 0 Å². The van der Waals surface area contributed by atoms with Crippen LogP contribution < -0.4 is 0 Å². The lowest BCUT2D eigenvalue weighted by atomic mass is 9.91. The summed E-state index contributed by atoms with van der Waals surface area (Å²) < 4.78 is 10.0. The molecule has 5 atom stereocenters. The van der Waals surface area contributed by atoms with Crippen molar-refractivity contribution in [3.8, 4) is 0 Å². The van der Waals surface area contributed by atoms with E-state index in [0.717, 1.165) is 0 Å². The summed E-state index contributed by atoms with van der Waals surface area (Å²) in [5.74, 6) is -0.300. The maximum absolute atomic E-state index is 9.53. The Kier molecular flexibility index (Phi) is 3.63. The van der Waals surface area contributed by atoms with Crippen LogP contribution in [0.5, 0.6) is 0 Å². The topological polar surface area (TPSA) is 79.2 Å². The first-order chi connectivity index (χ1) is 6.11. The first kappa shape index (κ1) is 10.9. The molecule has 0 aromatic carbocycles. The summed E-state index contributed by atoms with van der Waals surface area (Å²) in [4.78, 5) is 0. The monoisotopic (exact) mass is 192 g/mol. The summed E-state index contributed by atoms with van der Waals surface area (Å²) in [6.45, 7) is 1.52. The molecule has 0 spiro atoms. The van der Waals surface area contributed by atoms with Crippen LogP contribution in [-0.2, 0) is 9.47 Å². The van der Waals surface area contributed by atoms with E-state index in [1.165, 1.54) is 7.11 Å². The number of hydrogen-bond acceptors (Lipinski definition) is 5. The minimum Gasteiger partial charge on any atom is -0.394 e. The van der Waals surface area contributed by atoms with E-state index in [-0.39, 0.29) is 12.5 Å². The van der Waals surface area contributed by atoms with Crippen LogP contribution in [0.15, 0.2) is 0 Å². The Balaban J connectivity index is 2.66. The minimum absolute atomic E-state index is 0.190. The number of hydrogen-bond donors (Lipinski definition) is 3. The molecular weight excluding hydrogens is 176 g/mol. The molecule has 78 valence electrons. The summed E-state index contributed by atoms with van der Waals surface area (Å²) in [7, 11) is 1.38. The Morgan fingerprint density at radius 1 is 1.31 bits per heavy atom. The van der Waals surface area contributed by atoms with Gasteiger partial charge in [0, 0.05) is 13.0 Å². The van der Waals surface area contributed by atoms with Gasteiger partial charge in [0.05, 0.1) is 18.8 Å². The van der Waals surface area contributed by atoms with Crippen LogP contribution in [0.1, 0.15) is 6.92 Å². The third kappa shape index (κ3) is 2.00. The zero-order chi connectivity index (χ0) is 10.0. The summed E-state index contributed by atoms with van der Waals surface area (Å²) in [5, 5.41) is 27.9. The molecule has 5 heteroatoms. The summed E-state index contributed by atoms with van der Waals surface area (Å²) in [6.07, 6.45) is -3.31. The summed E-state index contributed by atoms with van der Waals surface area (Å²) in [5.41, 5.74) is 0. The highest BCUT2D eigenvalue weighted by Gasteiger charge is 2.41. The molecule has 1 rings (SSSR count). The number of aliphatic hydroxyl groups excluding tert-OH is 3. The Labute approximate surface area is 76.9 Å². The van der Waals surface area contributed by atoms with Crippen LogP contribution in [0.2, 0.25) is 0 Å². The molecule has 0 radical (unpaired) electrons. The van der Waals surface area contributed by atoms with Crippen molar-refractivity contribution in [3.05, 3.63) is 0 Å². The normalized spacial score (nSPS) is 46.4. The fraction of sp³-hybridized carbons (Fsp3) is 1.00. The molecule has 1 unspecified atom stereocenters. The van der Waals surface area contributed by atoms with Gasteiger partial charge in [-0.1, -0.05) is 6.92 Å². The molecule has 0 aliphatic carbocycles. The van der Waals surface area contributed by atoms with Gasteiger partial charge in [0.25, 0.3) is 0 Å². The third-order valence-electron chi connectivity index (χ3n) is 2.48. The summed E-state index contributed by atoms with van der Waals surface area (Å²) in [6, 6.07) is 0. The standard InChI is InChI=1S/C8H16O5/c1-4-5(3-9)13-8(12-2)7(11)6(4)10/h4-11H,3H2,1-2H3/t4-,5?,6+,7-,8-/m0/s1. The van der Waals surface area contributed by atoms with Crippen molar-refractivity contribution in [2.45, 2.75) is 31.5 Å². The van der Waals surface area contributed by atoms with Gasteiger partial charge in [0.15, 0.2) is 6.29 Å². The fourth-order valence-corrected chi connectivity index (χ4v) is 1.47. The number of aliphatic hydroxyl groups is 3. The van der Waals surface area contributed by atoms with Crippen LogP contribution in [-0.4, -0.2) is 53.6 Å². The van der Waals surface area contributed by atoms with Crippen molar-refractivity contribution in [1.29, 1.82) is 0 Å². The smallest absolute Gasteiger partial charge is 0.186 e. The molecule has 1 fully saturated rings. The molecule has 1 heterocycles. The summed E-state index contributed by atoms with van der Waals surface area (Å²) >= 11 is 0. The SMILES string of the molecule is CO[C@H]1OC(CO)[C@H](C)[C@@H](O)[C@@H]1O. The molecule has 0 saturated carbocycles. The maximum atomic E-state index is 9.53. The van der Waals surface area contributed by atoms with Gasteiger partial charge in [-0.05, 0) is 0 Å². The second-order valence-corrected chi connectivity index (χ2v) is 3.30. The van der Waals surface area contributed by atoms with Crippen molar-refractivity contribution in [2.75, 3.05) is 13.7 Å². The first-order valence-electron chi connectivity index (χ1n) is 4.27. The molecule has 13 heavy (non-hydrogen) atoms. The average molecular weight is 192 g/mol. The molecule has 0 amide bonds. The predicted octanol–water partition coefficient (Wildman–Crippen LogP) is -1.29. The predicted molar refractivity (Wildman–Crippen MR) is 43.9 cm³/mol. The Morgan fingerprint density at radius 2 is 1.92 bits per heavy atom. The molecule has 5 nitrogen and oxygen atoms in total. The zero-order valence-electron chi connectivity index (χ0n) is 7.75. The van der Waals surface area contributed by atoms with E-state index in [0.29, 0.717) is 0 Å². The van der Waals surface area contributed by atoms with Crippen molar-refractivity contribution in [2.24, 2.45) is 5.92 Å². The van der Waals surface area contributed by atoms with E-state index in [1.807, 2.05) is 0 Å². The van der Waals surface area contributed by atoms with Gasteiger partial charge in [-0.25, -0.2) is 0 Å². The van der Waals surface area contributed by atoms with E-state index in [9.17, 15) is 10.2 Å². The van der Waals surface area contributed by atoms with Crippen molar-refractivity contribution in [3.63, 3.8) is 0 Å². The zero-order valence-corrected chi connectivity index (χ0v) is 7.75. The fourth-order valence-electron chi connectivity index (χ4n) is 1.47. The van der Waals surface area contributed by atoms with E-state index in [4.69, 9.17) is 14.6 Å². The molecule has 3 N–H and O–H groups in total. The van der Waals surface area contributed by atoms with Crippen LogP contribution in [0.25, 0.3) is 0 Å². The third-order valence-corrected chi connectivity index (χ3v) is 2.48. The van der Waals surface area contributed by atoms with E-state index in [2.05, 4.69) is 0 Å². The largest absolute Gasteiger partial charge is 0.394 e. The van der Waals surface area contributed by atoms with Gasteiger partial charge in [-0.15, -0.1) is 0 Å². The Bertz CT molecular complexity index is 143. The Morgan fingerprint density at radius 3 is 2.38 bits per heavy atom. The molecule has 1 aliphatic heterocycles. The van der Waals surface area contributed by atoms with Gasteiger partial charge in [0.1, 0.15) is 6.10 Å². The van der Waals surface area contributed by atoms with Crippen LogP contribution in [0, 0.1) is 5.92 Å². The van der Waals surface area contributed by atoms with Crippen molar-refractivity contribution < 1.29 is 24.8 Å². The quantitative estimate of drug-likeness (QED) is 0.507. The lowest BCUT2D eigenvalue weighted by Crippen LogP contribution is -2.55. The highest BCUT2D eigenvalue weighted by atomic mass is 16.7. The van der Waals surface area contributed by atoms with E-state index >= 15 is 0 Å². The molecule has 1 saturated heterocycles. The van der Waals surface area contributed by atoms with Gasteiger partial charge in [-0.2, -0.15) is 0 Å². The minimum atomic E-state index is -1.05. The maximum Gasteiger partial charge on any atom is 0.186 e. The second-order valence-electron chi connectivity index (χ2n) is 3.30. The van der Waals surface area contributed by atoms with Gasteiger partial charge < -0.3 is 24.8 Å². The second kappa shape index (κ2) is 4.34. The van der Waals surface area contributed by atoms with Crippen LogP contribution in [0.3, 0.4) is 0 Å². The average Bonchev–Trinajstić information content (AvgIpc) is 2.15. The molecule has 0 aromatic heterocycles. The van der Waals surface area contributed by atoms with E-state index in [1.54, 1.807) is 6.92 Å². The number of rotatable bonds is 2. The molecule has 0 aromatic rings. The lowest BCUT2D eigenvalue weighted by molar-refractivity contribution is -0.280. The number of methoxy groups -OCH3 is 1.